The van der Waals surface area contributed by atoms with Crippen LogP contribution in [-0.4, -0.2) is 34.9 Å². The molecule has 24 heavy (non-hydrogen) atoms. The number of carbonyl (C=O) groups is 1. The number of hydrogen-bond acceptors (Lipinski definition) is 3. The second-order valence-electron chi connectivity index (χ2n) is 6.64. The molecule has 6 heteroatoms. The summed E-state index contributed by atoms with van der Waals surface area (Å²) >= 11 is 0. The predicted octanol–water partition coefficient (Wildman–Crippen LogP) is 2.35. The average molecular weight is 329 g/mol. The normalized spacial score (nSPS) is 25.7. The first-order valence-electron chi connectivity index (χ1n) is 8.29. The van der Waals surface area contributed by atoms with E-state index in [1.54, 1.807) is 23.0 Å². The molecule has 1 N–H and O–H groups in total. The fourth-order valence-corrected chi connectivity index (χ4v) is 3.44. The number of hydrogen-bond donors (Lipinski definition) is 1. The second-order valence-corrected chi connectivity index (χ2v) is 6.64. The Hall–Kier alpha value is -2.21. The Labute approximate surface area is 139 Å². The van der Waals surface area contributed by atoms with Crippen LogP contribution in [0.25, 0.3) is 0 Å². The molecule has 0 spiro atoms. The maximum absolute atomic E-state index is 13.3. The van der Waals surface area contributed by atoms with Crippen LogP contribution in [0.4, 0.5) is 4.39 Å². The number of benzene rings is 1. The van der Waals surface area contributed by atoms with E-state index in [4.69, 9.17) is 4.74 Å². The number of nitrogens with zero attached hydrogens (tertiary/aromatic N) is 2. The second kappa shape index (κ2) is 6.02. The molecule has 0 radical (unpaired) electrons. The van der Waals surface area contributed by atoms with Gasteiger partial charge in [0.25, 0.3) is 5.91 Å². The molecule has 2 fully saturated rings. The molecule has 3 atom stereocenters. The highest BCUT2D eigenvalue weighted by Crippen LogP contribution is 2.41. The van der Waals surface area contributed by atoms with Crippen molar-refractivity contribution in [2.45, 2.75) is 30.7 Å². The molecule has 0 bridgehead atoms. The zero-order valence-electron chi connectivity index (χ0n) is 13.5. The van der Waals surface area contributed by atoms with E-state index in [9.17, 15) is 9.18 Å². The van der Waals surface area contributed by atoms with Crippen molar-refractivity contribution in [3.63, 3.8) is 0 Å². The highest BCUT2D eigenvalue weighted by molar-refractivity contribution is 5.95. The highest BCUT2D eigenvalue weighted by Gasteiger charge is 2.40. The molecular formula is C18H20FN3O2. The lowest BCUT2D eigenvalue weighted by atomic mass is 10.0. The third-order valence-corrected chi connectivity index (χ3v) is 4.80. The van der Waals surface area contributed by atoms with Gasteiger partial charge in [-0.25, -0.2) is 4.39 Å². The molecule has 126 valence electrons. The van der Waals surface area contributed by atoms with Gasteiger partial charge >= 0.3 is 0 Å². The summed E-state index contributed by atoms with van der Waals surface area (Å²) in [5, 5.41) is 7.52. The third kappa shape index (κ3) is 2.94. The van der Waals surface area contributed by atoms with E-state index in [-0.39, 0.29) is 29.6 Å². The molecule has 1 aliphatic carbocycles. The zero-order chi connectivity index (χ0) is 16.7. The van der Waals surface area contributed by atoms with E-state index in [2.05, 4.69) is 10.4 Å². The lowest BCUT2D eigenvalue weighted by Crippen LogP contribution is -2.27. The standard InChI is InChI=1S/C18H20FN3O2/c1-22-9-15(17(21-22)12-5-6-24-10-12)18(23)20-16-8-14(16)11-3-2-4-13(19)7-11/h2-4,7,9,12,14,16H,5-6,8,10H2,1H3,(H,20,23)/t12-,14-,16-/m1/s1. The Morgan fingerprint density at radius 1 is 1.46 bits per heavy atom. The quantitative estimate of drug-likeness (QED) is 0.937. The number of ether oxygens (including phenoxy) is 1. The van der Waals surface area contributed by atoms with Gasteiger partial charge in [-0.1, -0.05) is 12.1 Å². The molecule has 2 aliphatic rings. The Bertz CT molecular complexity index is 767. The Morgan fingerprint density at radius 3 is 3.08 bits per heavy atom. The fraction of sp³-hybridized carbons (Fsp3) is 0.444. The minimum Gasteiger partial charge on any atom is -0.381 e. The molecule has 2 aromatic rings. The summed E-state index contributed by atoms with van der Waals surface area (Å²) in [6, 6.07) is 6.66. The maximum Gasteiger partial charge on any atom is 0.255 e. The number of nitrogens with one attached hydrogen (secondary N) is 1. The minimum atomic E-state index is -0.236. The molecule has 1 aromatic carbocycles. The number of carbonyl (C=O) groups excluding carboxylic acids is 1. The molecule has 5 nitrogen and oxygen atoms in total. The van der Waals surface area contributed by atoms with Crippen molar-refractivity contribution in [2.24, 2.45) is 7.05 Å². The van der Waals surface area contributed by atoms with E-state index in [0.717, 1.165) is 24.1 Å². The van der Waals surface area contributed by atoms with Crippen LogP contribution in [0.1, 0.15) is 46.3 Å². The van der Waals surface area contributed by atoms with E-state index in [1.165, 1.54) is 6.07 Å². The Morgan fingerprint density at radius 2 is 2.33 bits per heavy atom. The van der Waals surface area contributed by atoms with Gasteiger partial charge in [0.15, 0.2) is 0 Å². The van der Waals surface area contributed by atoms with Crippen LogP contribution in [-0.2, 0) is 11.8 Å². The topological polar surface area (TPSA) is 56.2 Å². The first-order valence-corrected chi connectivity index (χ1v) is 8.29. The fourth-order valence-electron chi connectivity index (χ4n) is 3.44. The van der Waals surface area contributed by atoms with Crippen molar-refractivity contribution in [2.75, 3.05) is 13.2 Å². The predicted molar refractivity (Wildman–Crippen MR) is 86.4 cm³/mol. The van der Waals surface area contributed by atoms with Gasteiger partial charge < -0.3 is 10.1 Å². The van der Waals surface area contributed by atoms with Gasteiger partial charge in [0, 0.05) is 37.7 Å². The Kier molecular flexibility index (Phi) is 3.84. The summed E-state index contributed by atoms with van der Waals surface area (Å²) in [4.78, 5) is 12.7. The van der Waals surface area contributed by atoms with Gasteiger partial charge in [-0.3, -0.25) is 9.48 Å². The van der Waals surface area contributed by atoms with Crippen molar-refractivity contribution in [1.29, 1.82) is 0 Å². The molecule has 1 aliphatic heterocycles. The third-order valence-electron chi connectivity index (χ3n) is 4.80. The number of halogens is 1. The lowest BCUT2D eigenvalue weighted by Gasteiger charge is -2.08. The van der Waals surface area contributed by atoms with Crippen molar-refractivity contribution in [3.8, 4) is 0 Å². The van der Waals surface area contributed by atoms with E-state index in [0.29, 0.717) is 18.8 Å². The Balaban J connectivity index is 1.46. The van der Waals surface area contributed by atoms with Crippen molar-refractivity contribution in [1.82, 2.24) is 15.1 Å². The van der Waals surface area contributed by atoms with Crippen LogP contribution in [0.3, 0.4) is 0 Å². The zero-order valence-corrected chi connectivity index (χ0v) is 13.5. The van der Waals surface area contributed by atoms with Crippen molar-refractivity contribution in [3.05, 3.63) is 53.1 Å². The highest BCUT2D eigenvalue weighted by atomic mass is 19.1. The van der Waals surface area contributed by atoms with Crippen molar-refractivity contribution >= 4 is 5.91 Å². The molecule has 0 unspecified atom stereocenters. The van der Waals surface area contributed by atoms with Crippen LogP contribution < -0.4 is 5.32 Å². The van der Waals surface area contributed by atoms with Crippen LogP contribution in [0.5, 0.6) is 0 Å². The number of amides is 1. The van der Waals surface area contributed by atoms with E-state index < -0.39 is 0 Å². The van der Waals surface area contributed by atoms with Crippen LogP contribution in [0.15, 0.2) is 30.5 Å². The summed E-state index contributed by atoms with van der Waals surface area (Å²) in [5.74, 6) is 0.0407. The summed E-state index contributed by atoms with van der Waals surface area (Å²) < 4.78 is 20.4. The minimum absolute atomic E-state index is 0.0622. The molecule has 1 saturated carbocycles. The van der Waals surface area contributed by atoms with Gasteiger partial charge in [-0.05, 0) is 30.5 Å². The summed E-state index contributed by atoms with van der Waals surface area (Å²) in [7, 11) is 1.82. The molecule has 1 amide bonds. The van der Waals surface area contributed by atoms with Gasteiger partial charge in [0.05, 0.1) is 17.9 Å². The van der Waals surface area contributed by atoms with E-state index in [1.807, 2.05) is 13.1 Å². The van der Waals surface area contributed by atoms with Crippen LogP contribution >= 0.6 is 0 Å². The van der Waals surface area contributed by atoms with Gasteiger partial charge in [-0.15, -0.1) is 0 Å². The maximum atomic E-state index is 13.3. The van der Waals surface area contributed by atoms with Gasteiger partial charge in [0.1, 0.15) is 5.82 Å². The van der Waals surface area contributed by atoms with Crippen LogP contribution in [0, 0.1) is 5.82 Å². The first-order chi connectivity index (χ1) is 11.6. The SMILES string of the molecule is Cn1cc(C(=O)N[C@@H]2C[C@@H]2c2cccc(F)c2)c([C@@H]2CCOC2)n1. The largest absolute Gasteiger partial charge is 0.381 e. The molecule has 4 rings (SSSR count). The summed E-state index contributed by atoms with van der Waals surface area (Å²) in [6.45, 7) is 1.33. The average Bonchev–Trinajstić information content (AvgIpc) is 2.97. The molecular weight excluding hydrogens is 309 g/mol. The monoisotopic (exact) mass is 329 g/mol. The summed E-state index contributed by atoms with van der Waals surface area (Å²) in [5.41, 5.74) is 2.38. The van der Waals surface area contributed by atoms with Crippen LogP contribution in [0.2, 0.25) is 0 Å². The molecule has 1 aromatic heterocycles. The number of aryl methyl sites for hydroxylation is 1. The first kappa shape index (κ1) is 15.3. The van der Waals surface area contributed by atoms with Crippen molar-refractivity contribution < 1.29 is 13.9 Å². The summed E-state index contributed by atoms with van der Waals surface area (Å²) in [6.07, 6.45) is 3.51. The van der Waals surface area contributed by atoms with Gasteiger partial charge in [-0.2, -0.15) is 5.10 Å². The number of aromatic nitrogens is 2. The van der Waals surface area contributed by atoms with Gasteiger partial charge in [0.2, 0.25) is 0 Å². The smallest absolute Gasteiger partial charge is 0.255 e. The molecule has 1 saturated heterocycles. The lowest BCUT2D eigenvalue weighted by molar-refractivity contribution is 0.0948. The van der Waals surface area contributed by atoms with E-state index >= 15 is 0 Å². The number of rotatable bonds is 4. The molecule has 2 heterocycles.